The Bertz CT molecular complexity index is 1690. The summed E-state index contributed by atoms with van der Waals surface area (Å²) in [4.78, 5) is 12.8. The number of benzene rings is 4. The molecule has 0 atom stereocenters. The fraction of sp³-hybridized carbons (Fsp3) is 0.115. The Balaban J connectivity index is 0.00000420. The molecule has 0 saturated carbocycles. The topological polar surface area (TPSA) is 140 Å². The largest absolute Gasteiger partial charge is 1.00 e. The van der Waals surface area contributed by atoms with Gasteiger partial charge < -0.3 is 15.2 Å². The molecule has 1 amide bonds. The monoisotopic (exact) mass is 595 g/mol. The number of nitrogens with zero attached hydrogens (tertiary/aromatic N) is 2. The molecule has 0 unspecified atom stereocenters. The maximum absolute atomic E-state index is 13.4. The summed E-state index contributed by atoms with van der Waals surface area (Å²) in [6, 6.07) is 15.7. The average Bonchev–Trinajstić information content (AvgIpc) is 2.84. The molecular weight excluding hydrogens is 576 g/mol. The summed E-state index contributed by atoms with van der Waals surface area (Å²) < 4.78 is 38.1. The van der Waals surface area contributed by atoms with Crippen LogP contribution in [0.3, 0.4) is 0 Å². The third-order valence-corrected chi connectivity index (χ3v) is 7.23. The Morgan fingerprint density at radius 1 is 1.05 bits per heavy atom. The number of aryl methyl sites for hydroxylation is 1. The molecule has 0 aromatic heterocycles. The number of carbonyl (C=O) groups is 1. The van der Waals surface area contributed by atoms with Crippen LogP contribution < -0.4 is 44.7 Å². The van der Waals surface area contributed by atoms with E-state index in [1.165, 1.54) is 25.1 Å². The van der Waals surface area contributed by atoms with Crippen LogP contribution in [0.1, 0.15) is 22.8 Å². The van der Waals surface area contributed by atoms with Gasteiger partial charge in [0.1, 0.15) is 4.90 Å². The molecule has 0 radical (unpaired) electrons. The number of halogens is 2. The zero-order valence-corrected chi connectivity index (χ0v) is 25.4. The number of ether oxygens (including phenoxy) is 1. The SMILES string of the molecule is CCOc1c(Cl)cccc1NC(=O)c1cc2ccccc2c(N=Nc2cc(C)c(S(=O)(=O)O)c(Cl)c2)c1[O-].[Na+]. The van der Waals surface area contributed by atoms with Crippen molar-refractivity contribution in [3.8, 4) is 11.5 Å². The van der Waals surface area contributed by atoms with Crippen LogP contribution in [0.2, 0.25) is 10.0 Å². The zero-order valence-electron chi connectivity index (χ0n) is 21.0. The minimum atomic E-state index is -4.55. The molecule has 0 heterocycles. The van der Waals surface area contributed by atoms with Crippen molar-refractivity contribution < 1.29 is 57.2 Å². The van der Waals surface area contributed by atoms with E-state index < -0.39 is 26.7 Å². The first-order chi connectivity index (χ1) is 18.0. The maximum Gasteiger partial charge on any atom is 1.00 e. The van der Waals surface area contributed by atoms with Crippen LogP contribution >= 0.6 is 23.2 Å². The summed E-state index contributed by atoms with van der Waals surface area (Å²) in [6.07, 6.45) is 0. The second-order valence-electron chi connectivity index (χ2n) is 8.08. The summed E-state index contributed by atoms with van der Waals surface area (Å²) in [5, 5.41) is 25.3. The molecule has 2 N–H and O–H groups in total. The quantitative estimate of drug-likeness (QED) is 0.189. The van der Waals surface area contributed by atoms with E-state index in [0.717, 1.165) is 0 Å². The van der Waals surface area contributed by atoms with Crippen LogP contribution in [0.15, 0.2) is 75.8 Å². The molecule has 4 aromatic rings. The van der Waals surface area contributed by atoms with Crippen molar-refractivity contribution in [2.75, 3.05) is 11.9 Å². The third kappa shape index (κ3) is 6.72. The molecule has 13 heteroatoms. The number of hydrogen-bond donors (Lipinski definition) is 2. The molecule has 0 saturated heterocycles. The number of fused-ring (bicyclic) bond motifs is 1. The number of nitrogens with one attached hydrogen (secondary N) is 1. The average molecular weight is 596 g/mol. The molecule has 4 rings (SSSR count). The van der Waals surface area contributed by atoms with Crippen LogP contribution in [0.4, 0.5) is 17.1 Å². The van der Waals surface area contributed by atoms with Gasteiger partial charge in [-0.1, -0.05) is 59.3 Å². The summed E-state index contributed by atoms with van der Waals surface area (Å²) in [5.41, 5.74) is 0.288. The number of azo groups is 1. The molecule has 0 bridgehead atoms. The van der Waals surface area contributed by atoms with Gasteiger partial charge in [0.2, 0.25) is 0 Å². The van der Waals surface area contributed by atoms with E-state index in [9.17, 15) is 22.9 Å². The summed E-state index contributed by atoms with van der Waals surface area (Å²) in [7, 11) is -4.55. The van der Waals surface area contributed by atoms with Gasteiger partial charge in [0.15, 0.2) is 5.75 Å². The number of anilines is 1. The molecule has 39 heavy (non-hydrogen) atoms. The molecule has 9 nitrogen and oxygen atoms in total. The van der Waals surface area contributed by atoms with Crippen molar-refractivity contribution in [1.29, 1.82) is 0 Å². The second kappa shape index (κ2) is 12.6. The van der Waals surface area contributed by atoms with Gasteiger partial charge in [0, 0.05) is 10.9 Å². The fourth-order valence-electron chi connectivity index (χ4n) is 3.87. The van der Waals surface area contributed by atoms with Crippen molar-refractivity contribution in [3.05, 3.63) is 81.8 Å². The van der Waals surface area contributed by atoms with E-state index in [1.807, 2.05) is 0 Å². The molecule has 196 valence electrons. The van der Waals surface area contributed by atoms with E-state index in [4.69, 9.17) is 27.9 Å². The molecule has 0 aliphatic heterocycles. The first-order valence-electron chi connectivity index (χ1n) is 11.2. The zero-order chi connectivity index (χ0) is 27.6. The van der Waals surface area contributed by atoms with E-state index in [1.54, 1.807) is 49.4 Å². The van der Waals surface area contributed by atoms with E-state index >= 15 is 0 Å². The van der Waals surface area contributed by atoms with Gasteiger partial charge in [-0.05, 0) is 55.1 Å². The minimum Gasteiger partial charge on any atom is -0.870 e. The van der Waals surface area contributed by atoms with Crippen LogP contribution in [-0.2, 0) is 10.1 Å². The van der Waals surface area contributed by atoms with Crippen LogP contribution in [0.25, 0.3) is 10.8 Å². The Morgan fingerprint density at radius 2 is 1.77 bits per heavy atom. The van der Waals surface area contributed by atoms with Gasteiger partial charge in [-0.2, -0.15) is 18.6 Å². The van der Waals surface area contributed by atoms with Crippen molar-refractivity contribution in [1.82, 2.24) is 0 Å². The summed E-state index contributed by atoms with van der Waals surface area (Å²) in [5.74, 6) is -1.10. The smallest absolute Gasteiger partial charge is 0.870 e. The van der Waals surface area contributed by atoms with E-state index in [-0.39, 0.29) is 62.8 Å². The summed E-state index contributed by atoms with van der Waals surface area (Å²) in [6.45, 7) is 3.52. The van der Waals surface area contributed by atoms with Crippen molar-refractivity contribution in [2.45, 2.75) is 18.7 Å². The van der Waals surface area contributed by atoms with Gasteiger partial charge in [0.05, 0.1) is 33.7 Å². The van der Waals surface area contributed by atoms with Gasteiger partial charge in [-0.25, -0.2) is 0 Å². The summed E-state index contributed by atoms with van der Waals surface area (Å²) >= 11 is 12.2. The Morgan fingerprint density at radius 3 is 2.44 bits per heavy atom. The molecule has 0 spiro atoms. The van der Waals surface area contributed by atoms with Gasteiger partial charge in [-0.15, -0.1) is 0 Å². The number of amides is 1. The standard InChI is InChI=1S/C26H21Cl2N3O6S.Na/c1-3-37-24-19(27)9-6-10-21(24)29-26(33)18-12-15-7-4-5-8-17(15)22(23(18)32)31-30-16-11-14(2)25(20(28)13-16)38(34,35)36;/h4-13,32H,3H2,1-2H3,(H,29,33)(H,34,35,36);/q;+1/p-1. The number of hydrogen-bond acceptors (Lipinski definition) is 7. The predicted octanol–water partition coefficient (Wildman–Crippen LogP) is 3.85. The molecule has 0 aliphatic carbocycles. The Kier molecular flexibility index (Phi) is 10.0. The number of carbonyl (C=O) groups excluding carboxylic acids is 1. The molecule has 4 aromatic carbocycles. The first kappa shape index (κ1) is 30.8. The van der Waals surface area contributed by atoms with Gasteiger partial charge in [0.25, 0.3) is 16.0 Å². The van der Waals surface area contributed by atoms with Crippen LogP contribution in [0, 0.1) is 6.92 Å². The van der Waals surface area contributed by atoms with E-state index in [2.05, 4.69) is 15.5 Å². The molecule has 0 fully saturated rings. The van der Waals surface area contributed by atoms with Crippen LogP contribution in [0.5, 0.6) is 11.5 Å². The van der Waals surface area contributed by atoms with Gasteiger partial charge in [-0.3, -0.25) is 9.35 Å². The molecular formula is C26H20Cl2N3NaO6S. The van der Waals surface area contributed by atoms with Crippen molar-refractivity contribution in [2.24, 2.45) is 10.2 Å². The van der Waals surface area contributed by atoms with Gasteiger partial charge >= 0.3 is 29.6 Å². The minimum absolute atomic E-state index is 0. The van der Waals surface area contributed by atoms with Crippen LogP contribution in [-0.4, -0.2) is 25.5 Å². The second-order valence-corrected chi connectivity index (χ2v) is 10.2. The first-order valence-corrected chi connectivity index (χ1v) is 13.4. The normalized spacial score (nSPS) is 11.4. The number of rotatable bonds is 7. The van der Waals surface area contributed by atoms with E-state index in [0.29, 0.717) is 28.1 Å². The predicted molar refractivity (Wildman–Crippen MR) is 144 cm³/mol. The number of para-hydroxylation sites is 1. The van der Waals surface area contributed by atoms with Crippen molar-refractivity contribution >= 4 is 67.1 Å². The molecule has 0 aliphatic rings. The third-order valence-electron chi connectivity index (χ3n) is 5.46. The Hall–Kier alpha value is -2.70. The van der Waals surface area contributed by atoms with Crippen molar-refractivity contribution in [3.63, 3.8) is 0 Å². The Labute approximate surface area is 256 Å². The fourth-order valence-corrected chi connectivity index (χ4v) is 5.42. The maximum atomic E-state index is 13.4.